The summed E-state index contributed by atoms with van der Waals surface area (Å²) in [6.07, 6.45) is 8.99. The molecule has 0 aliphatic heterocycles. The Hall–Kier alpha value is -0.410. The topological polar surface area (TPSA) is 24.9 Å². The highest BCUT2D eigenvalue weighted by Gasteiger charge is 2.36. The predicted molar refractivity (Wildman–Crippen MR) is 88.4 cm³/mol. The van der Waals surface area contributed by atoms with Crippen molar-refractivity contribution in [3.05, 3.63) is 15.6 Å². The molecule has 0 spiro atoms. The zero-order chi connectivity index (χ0) is 14.6. The van der Waals surface area contributed by atoms with Crippen LogP contribution in [0.1, 0.15) is 74.9 Å². The summed E-state index contributed by atoms with van der Waals surface area (Å²) >= 11 is 1.93. The SMILES string of the molecule is CCNC1(c2nc(CC)c(C)s2)CCCC(CC)CC1. The Kier molecular flexibility index (Phi) is 5.62. The summed E-state index contributed by atoms with van der Waals surface area (Å²) < 4.78 is 0. The van der Waals surface area contributed by atoms with Crippen molar-refractivity contribution in [2.75, 3.05) is 6.54 Å². The Morgan fingerprint density at radius 1 is 1.25 bits per heavy atom. The quantitative estimate of drug-likeness (QED) is 0.788. The molecule has 1 aromatic rings. The van der Waals surface area contributed by atoms with Gasteiger partial charge < -0.3 is 5.32 Å². The van der Waals surface area contributed by atoms with E-state index in [1.54, 1.807) is 0 Å². The molecule has 1 fully saturated rings. The lowest BCUT2D eigenvalue weighted by atomic mass is 9.89. The van der Waals surface area contributed by atoms with Gasteiger partial charge in [-0.05, 0) is 45.1 Å². The molecule has 1 saturated carbocycles. The van der Waals surface area contributed by atoms with Gasteiger partial charge in [0, 0.05) is 4.88 Å². The third-order valence-electron chi connectivity index (χ3n) is 4.92. The molecule has 2 atom stereocenters. The molecule has 2 rings (SSSR count). The number of aromatic nitrogens is 1. The number of hydrogen-bond acceptors (Lipinski definition) is 3. The van der Waals surface area contributed by atoms with Crippen LogP contribution in [0.15, 0.2) is 0 Å². The van der Waals surface area contributed by atoms with Crippen LogP contribution in [-0.2, 0) is 12.0 Å². The van der Waals surface area contributed by atoms with Gasteiger partial charge in [0.2, 0.25) is 0 Å². The normalized spacial score (nSPS) is 27.5. The van der Waals surface area contributed by atoms with Crippen molar-refractivity contribution >= 4 is 11.3 Å². The standard InChI is InChI=1S/C17H30N2S/c1-5-14-9-8-11-17(12-10-14,18-7-3)16-19-15(6-2)13(4)20-16/h14,18H,5-12H2,1-4H3. The van der Waals surface area contributed by atoms with Crippen LogP contribution in [0.2, 0.25) is 0 Å². The van der Waals surface area contributed by atoms with E-state index >= 15 is 0 Å². The molecule has 1 heterocycles. The van der Waals surface area contributed by atoms with Crippen LogP contribution in [-0.4, -0.2) is 11.5 Å². The zero-order valence-electron chi connectivity index (χ0n) is 13.6. The second kappa shape index (κ2) is 7.04. The molecule has 1 aliphatic rings. The first-order valence-corrected chi connectivity index (χ1v) is 9.18. The fourth-order valence-electron chi connectivity index (χ4n) is 3.59. The summed E-state index contributed by atoms with van der Waals surface area (Å²) in [6.45, 7) is 10.0. The maximum atomic E-state index is 4.99. The number of aryl methyl sites for hydroxylation is 2. The third-order valence-corrected chi connectivity index (χ3v) is 6.14. The molecule has 1 aromatic heterocycles. The maximum absolute atomic E-state index is 4.99. The van der Waals surface area contributed by atoms with E-state index in [0.717, 1.165) is 18.9 Å². The first-order valence-electron chi connectivity index (χ1n) is 8.37. The number of hydrogen-bond donors (Lipinski definition) is 1. The van der Waals surface area contributed by atoms with Gasteiger partial charge in [-0.25, -0.2) is 4.98 Å². The molecule has 0 radical (unpaired) electrons. The number of nitrogens with zero attached hydrogens (tertiary/aromatic N) is 1. The van der Waals surface area contributed by atoms with Gasteiger partial charge in [0.05, 0.1) is 11.2 Å². The van der Waals surface area contributed by atoms with Crippen molar-refractivity contribution in [1.29, 1.82) is 0 Å². The second-order valence-electron chi connectivity index (χ2n) is 6.19. The van der Waals surface area contributed by atoms with E-state index in [4.69, 9.17) is 4.98 Å². The van der Waals surface area contributed by atoms with Crippen LogP contribution < -0.4 is 5.32 Å². The van der Waals surface area contributed by atoms with Gasteiger partial charge in [-0.2, -0.15) is 0 Å². The summed E-state index contributed by atoms with van der Waals surface area (Å²) in [5.41, 5.74) is 1.46. The summed E-state index contributed by atoms with van der Waals surface area (Å²) in [5, 5.41) is 5.16. The lowest BCUT2D eigenvalue weighted by Crippen LogP contribution is -2.42. The van der Waals surface area contributed by atoms with Crippen LogP contribution in [0.3, 0.4) is 0 Å². The van der Waals surface area contributed by atoms with Gasteiger partial charge in [0.1, 0.15) is 5.01 Å². The first-order chi connectivity index (χ1) is 9.65. The summed E-state index contributed by atoms with van der Waals surface area (Å²) in [4.78, 5) is 6.40. The van der Waals surface area contributed by atoms with E-state index in [1.165, 1.54) is 54.1 Å². The Balaban J connectivity index is 2.28. The molecule has 2 nitrogen and oxygen atoms in total. The third kappa shape index (κ3) is 3.25. The van der Waals surface area contributed by atoms with Crippen molar-refractivity contribution in [2.24, 2.45) is 5.92 Å². The van der Waals surface area contributed by atoms with Crippen LogP contribution in [0.4, 0.5) is 0 Å². The summed E-state index contributed by atoms with van der Waals surface area (Å²) in [6, 6.07) is 0. The predicted octanol–water partition coefficient (Wildman–Crippen LogP) is 4.81. The summed E-state index contributed by atoms with van der Waals surface area (Å²) in [5.74, 6) is 0.919. The van der Waals surface area contributed by atoms with Crippen LogP contribution in [0.5, 0.6) is 0 Å². The number of thiazole rings is 1. The van der Waals surface area contributed by atoms with E-state index in [9.17, 15) is 0 Å². The fourth-order valence-corrected chi connectivity index (χ4v) is 4.81. The monoisotopic (exact) mass is 294 g/mol. The average molecular weight is 295 g/mol. The highest BCUT2D eigenvalue weighted by molar-refractivity contribution is 7.11. The minimum atomic E-state index is 0.154. The first kappa shape index (κ1) is 16.0. The van der Waals surface area contributed by atoms with E-state index in [0.29, 0.717) is 0 Å². The van der Waals surface area contributed by atoms with E-state index in [2.05, 4.69) is 33.0 Å². The lowest BCUT2D eigenvalue weighted by Gasteiger charge is -2.32. The Morgan fingerprint density at radius 2 is 2.05 bits per heavy atom. The van der Waals surface area contributed by atoms with Gasteiger partial charge in [-0.3, -0.25) is 0 Å². The minimum Gasteiger partial charge on any atom is -0.306 e. The van der Waals surface area contributed by atoms with Gasteiger partial charge in [0.15, 0.2) is 0 Å². The van der Waals surface area contributed by atoms with Crippen molar-refractivity contribution in [3.63, 3.8) is 0 Å². The molecular formula is C17H30N2S. The lowest BCUT2D eigenvalue weighted by molar-refractivity contribution is 0.290. The molecule has 0 bridgehead atoms. The minimum absolute atomic E-state index is 0.154. The molecule has 20 heavy (non-hydrogen) atoms. The average Bonchev–Trinajstić information content (AvgIpc) is 2.70. The van der Waals surface area contributed by atoms with Crippen molar-refractivity contribution in [2.45, 2.75) is 78.2 Å². The van der Waals surface area contributed by atoms with E-state index in [1.807, 2.05) is 11.3 Å². The van der Waals surface area contributed by atoms with Gasteiger partial charge in [0.25, 0.3) is 0 Å². The highest BCUT2D eigenvalue weighted by atomic mass is 32.1. The van der Waals surface area contributed by atoms with Gasteiger partial charge in [-0.1, -0.05) is 40.0 Å². The zero-order valence-corrected chi connectivity index (χ0v) is 14.4. The molecule has 3 heteroatoms. The Morgan fingerprint density at radius 3 is 2.65 bits per heavy atom. The van der Waals surface area contributed by atoms with Crippen LogP contribution in [0, 0.1) is 12.8 Å². The van der Waals surface area contributed by atoms with Crippen molar-refractivity contribution in [3.8, 4) is 0 Å². The number of nitrogens with one attached hydrogen (secondary N) is 1. The van der Waals surface area contributed by atoms with Gasteiger partial charge in [-0.15, -0.1) is 11.3 Å². The fraction of sp³-hybridized carbons (Fsp3) is 0.824. The Bertz CT molecular complexity index is 427. The molecular weight excluding hydrogens is 264 g/mol. The van der Waals surface area contributed by atoms with Crippen LogP contribution >= 0.6 is 11.3 Å². The molecule has 114 valence electrons. The smallest absolute Gasteiger partial charge is 0.113 e. The number of rotatable bonds is 5. The van der Waals surface area contributed by atoms with Crippen molar-refractivity contribution in [1.82, 2.24) is 10.3 Å². The molecule has 0 amide bonds. The molecule has 2 unspecified atom stereocenters. The second-order valence-corrected chi connectivity index (χ2v) is 7.40. The van der Waals surface area contributed by atoms with Crippen molar-refractivity contribution < 1.29 is 0 Å². The molecule has 1 aliphatic carbocycles. The van der Waals surface area contributed by atoms with E-state index in [-0.39, 0.29) is 5.54 Å². The largest absolute Gasteiger partial charge is 0.306 e. The highest BCUT2D eigenvalue weighted by Crippen LogP contribution is 2.41. The maximum Gasteiger partial charge on any atom is 0.113 e. The Labute approximate surface area is 128 Å². The van der Waals surface area contributed by atoms with Gasteiger partial charge >= 0.3 is 0 Å². The van der Waals surface area contributed by atoms with E-state index < -0.39 is 0 Å². The molecule has 1 N–H and O–H groups in total. The molecule has 0 saturated heterocycles. The van der Waals surface area contributed by atoms with Crippen LogP contribution in [0.25, 0.3) is 0 Å². The summed E-state index contributed by atoms with van der Waals surface area (Å²) in [7, 11) is 0. The molecule has 0 aromatic carbocycles.